The standard InChI is InChI=1S/C23H28O3/c1-4-16-5-6-20(24)21(10-16)26-22(25)14(2)11-23-12-17-7-18(13-23)9-19(8-17)15(23)3/h4-6,10-11,15,17-19,24H,1,7-9,12-13H2,2-3H3/b14-11+. The summed E-state index contributed by atoms with van der Waals surface area (Å²) < 4.78 is 5.49. The van der Waals surface area contributed by atoms with Gasteiger partial charge in [0.25, 0.3) is 0 Å². The van der Waals surface area contributed by atoms with Gasteiger partial charge in [-0.2, -0.15) is 0 Å². The third kappa shape index (κ3) is 2.87. The first-order chi connectivity index (χ1) is 12.4. The van der Waals surface area contributed by atoms with Gasteiger partial charge in [-0.15, -0.1) is 0 Å². The summed E-state index contributed by atoms with van der Waals surface area (Å²) in [6, 6.07) is 4.90. The molecule has 0 radical (unpaired) electrons. The highest BCUT2D eigenvalue weighted by molar-refractivity contribution is 5.90. The Morgan fingerprint density at radius 2 is 1.96 bits per heavy atom. The first kappa shape index (κ1) is 17.4. The lowest BCUT2D eigenvalue weighted by Crippen LogP contribution is -2.51. The molecule has 0 heterocycles. The van der Waals surface area contributed by atoms with Crippen LogP contribution in [0.2, 0.25) is 0 Å². The summed E-state index contributed by atoms with van der Waals surface area (Å²) in [4.78, 5) is 12.7. The van der Waals surface area contributed by atoms with E-state index in [9.17, 15) is 9.90 Å². The quantitative estimate of drug-likeness (QED) is 0.451. The molecule has 1 N–H and O–H groups in total. The van der Waals surface area contributed by atoms with E-state index in [0.717, 1.165) is 23.3 Å². The largest absolute Gasteiger partial charge is 0.504 e. The molecule has 5 rings (SSSR count). The predicted molar refractivity (Wildman–Crippen MR) is 103 cm³/mol. The van der Waals surface area contributed by atoms with Gasteiger partial charge in [0.15, 0.2) is 11.5 Å². The Hall–Kier alpha value is -2.03. The number of hydrogen-bond donors (Lipinski definition) is 1. The van der Waals surface area contributed by atoms with Crippen LogP contribution in [0.15, 0.2) is 36.4 Å². The van der Waals surface area contributed by atoms with Gasteiger partial charge in [0.1, 0.15) is 0 Å². The van der Waals surface area contributed by atoms with Gasteiger partial charge >= 0.3 is 5.97 Å². The van der Waals surface area contributed by atoms with Crippen molar-refractivity contribution < 1.29 is 14.6 Å². The molecule has 26 heavy (non-hydrogen) atoms. The van der Waals surface area contributed by atoms with Gasteiger partial charge in [-0.25, -0.2) is 4.79 Å². The van der Waals surface area contributed by atoms with Gasteiger partial charge < -0.3 is 9.84 Å². The third-order valence-electron chi connectivity index (χ3n) is 7.14. The number of allylic oxidation sites excluding steroid dienone is 1. The second kappa shape index (κ2) is 6.29. The van der Waals surface area contributed by atoms with Crippen molar-refractivity contribution in [3.63, 3.8) is 0 Å². The third-order valence-corrected chi connectivity index (χ3v) is 7.14. The van der Waals surface area contributed by atoms with E-state index in [1.165, 1.54) is 38.2 Å². The predicted octanol–water partition coefficient (Wildman–Crippen LogP) is 5.35. The Morgan fingerprint density at radius 1 is 1.27 bits per heavy atom. The number of benzene rings is 1. The number of esters is 1. The van der Waals surface area contributed by atoms with Crippen LogP contribution in [-0.4, -0.2) is 11.1 Å². The monoisotopic (exact) mass is 352 g/mol. The lowest BCUT2D eigenvalue weighted by molar-refractivity contribution is -0.130. The Balaban J connectivity index is 1.56. The number of carbonyl (C=O) groups is 1. The number of carbonyl (C=O) groups excluding carboxylic acids is 1. The number of hydrogen-bond acceptors (Lipinski definition) is 3. The molecule has 1 aromatic rings. The lowest BCUT2D eigenvalue weighted by Gasteiger charge is -2.60. The van der Waals surface area contributed by atoms with E-state index in [1.54, 1.807) is 18.2 Å². The maximum atomic E-state index is 12.7. The van der Waals surface area contributed by atoms with Crippen LogP contribution in [0.4, 0.5) is 0 Å². The highest BCUT2D eigenvalue weighted by atomic mass is 16.5. The number of aromatic hydroxyl groups is 1. The van der Waals surface area contributed by atoms with Crippen LogP contribution >= 0.6 is 0 Å². The van der Waals surface area contributed by atoms with Crippen LogP contribution in [0, 0.1) is 29.1 Å². The van der Waals surface area contributed by atoms with Crippen LogP contribution in [0.3, 0.4) is 0 Å². The Morgan fingerprint density at radius 3 is 2.62 bits per heavy atom. The fourth-order valence-electron chi connectivity index (χ4n) is 6.02. The van der Waals surface area contributed by atoms with Gasteiger partial charge in [0.2, 0.25) is 0 Å². The van der Waals surface area contributed by atoms with Crippen molar-refractivity contribution in [2.24, 2.45) is 29.1 Å². The van der Waals surface area contributed by atoms with Crippen LogP contribution in [-0.2, 0) is 4.79 Å². The van der Waals surface area contributed by atoms with E-state index in [4.69, 9.17) is 4.74 Å². The summed E-state index contributed by atoms with van der Waals surface area (Å²) in [5, 5.41) is 9.97. The summed E-state index contributed by atoms with van der Waals surface area (Å²) >= 11 is 0. The van der Waals surface area contributed by atoms with E-state index >= 15 is 0 Å². The topological polar surface area (TPSA) is 46.5 Å². The maximum absolute atomic E-state index is 12.7. The number of ether oxygens (including phenoxy) is 1. The zero-order valence-electron chi connectivity index (χ0n) is 15.7. The maximum Gasteiger partial charge on any atom is 0.338 e. The fraction of sp³-hybridized carbons (Fsp3) is 0.522. The Bertz CT molecular complexity index is 762. The van der Waals surface area contributed by atoms with Crippen molar-refractivity contribution in [1.29, 1.82) is 0 Å². The lowest BCUT2D eigenvalue weighted by atomic mass is 9.45. The molecule has 3 heteroatoms. The first-order valence-electron chi connectivity index (χ1n) is 9.77. The van der Waals surface area contributed by atoms with Crippen molar-refractivity contribution in [3.8, 4) is 11.5 Å². The summed E-state index contributed by atoms with van der Waals surface area (Å²) in [6.07, 6.45) is 10.4. The molecule has 0 amide bonds. The van der Waals surface area contributed by atoms with Crippen LogP contribution in [0.25, 0.3) is 6.08 Å². The molecular formula is C23H28O3. The molecule has 4 aliphatic carbocycles. The molecule has 3 unspecified atom stereocenters. The zero-order valence-corrected chi connectivity index (χ0v) is 15.7. The Labute approximate surface area is 155 Å². The molecule has 4 aliphatic rings. The van der Waals surface area contributed by atoms with Crippen molar-refractivity contribution in [1.82, 2.24) is 0 Å². The number of rotatable bonds is 4. The molecule has 0 spiro atoms. The summed E-state index contributed by atoms with van der Waals surface area (Å²) in [7, 11) is 0. The van der Waals surface area contributed by atoms with Gasteiger partial charge in [-0.05, 0) is 85.8 Å². The summed E-state index contributed by atoms with van der Waals surface area (Å²) in [5.74, 6) is 2.91. The molecule has 4 saturated carbocycles. The normalized spacial score (nSPS) is 35.4. The first-order valence-corrected chi connectivity index (χ1v) is 9.77. The molecule has 4 bridgehead atoms. The van der Waals surface area contributed by atoms with Gasteiger partial charge in [0.05, 0.1) is 0 Å². The minimum Gasteiger partial charge on any atom is -0.504 e. The molecule has 3 atom stereocenters. The molecule has 0 saturated heterocycles. The molecule has 4 fully saturated rings. The average Bonchev–Trinajstić information content (AvgIpc) is 2.60. The second-order valence-electron chi connectivity index (χ2n) is 8.78. The number of phenols is 1. The molecular weight excluding hydrogens is 324 g/mol. The molecule has 138 valence electrons. The Kier molecular flexibility index (Phi) is 4.21. The molecule has 0 aromatic heterocycles. The van der Waals surface area contributed by atoms with Crippen LogP contribution < -0.4 is 4.74 Å². The van der Waals surface area contributed by atoms with Gasteiger partial charge in [-0.1, -0.05) is 31.7 Å². The zero-order chi connectivity index (χ0) is 18.5. The van der Waals surface area contributed by atoms with Gasteiger partial charge in [-0.3, -0.25) is 0 Å². The summed E-state index contributed by atoms with van der Waals surface area (Å²) in [6.45, 7) is 7.93. The van der Waals surface area contributed by atoms with E-state index in [2.05, 4.69) is 19.6 Å². The average molecular weight is 352 g/mol. The van der Waals surface area contributed by atoms with E-state index in [-0.39, 0.29) is 22.9 Å². The van der Waals surface area contributed by atoms with Crippen LogP contribution in [0.5, 0.6) is 11.5 Å². The minimum atomic E-state index is -0.371. The highest BCUT2D eigenvalue weighted by Gasteiger charge is 2.54. The van der Waals surface area contributed by atoms with E-state index < -0.39 is 0 Å². The summed E-state index contributed by atoms with van der Waals surface area (Å²) in [5.41, 5.74) is 1.62. The van der Waals surface area contributed by atoms with E-state index in [0.29, 0.717) is 11.5 Å². The molecule has 0 aliphatic heterocycles. The van der Waals surface area contributed by atoms with Crippen molar-refractivity contribution in [2.45, 2.75) is 46.0 Å². The number of phenolic OH excluding ortho intramolecular Hbond substituents is 1. The van der Waals surface area contributed by atoms with Gasteiger partial charge in [0, 0.05) is 5.57 Å². The van der Waals surface area contributed by atoms with Crippen LogP contribution in [0.1, 0.15) is 51.5 Å². The smallest absolute Gasteiger partial charge is 0.338 e. The SMILES string of the molecule is C=Cc1ccc(O)c(OC(=O)/C(C)=C/C23CC4CC(CC(C4)C2C)C3)c1. The van der Waals surface area contributed by atoms with Crippen molar-refractivity contribution in [3.05, 3.63) is 42.0 Å². The fourth-order valence-corrected chi connectivity index (χ4v) is 6.02. The minimum absolute atomic E-state index is 0.0278. The molecule has 3 nitrogen and oxygen atoms in total. The highest BCUT2D eigenvalue weighted by Crippen LogP contribution is 2.63. The second-order valence-corrected chi connectivity index (χ2v) is 8.78. The van der Waals surface area contributed by atoms with E-state index in [1.807, 2.05) is 6.92 Å². The van der Waals surface area contributed by atoms with Crippen molar-refractivity contribution >= 4 is 12.0 Å². The van der Waals surface area contributed by atoms with Crippen molar-refractivity contribution in [2.75, 3.05) is 0 Å². The molecule has 1 aromatic carbocycles.